The number of hydrogen-bond donors (Lipinski definition) is 2. The summed E-state index contributed by atoms with van der Waals surface area (Å²) in [6.45, 7) is -0.152. The Kier molecular flexibility index (Phi) is 3.51. The Morgan fingerprint density at radius 2 is 2.00 bits per heavy atom. The van der Waals surface area contributed by atoms with Gasteiger partial charge in [0.15, 0.2) is 0 Å². The molecule has 1 aromatic carbocycles. The van der Waals surface area contributed by atoms with Crippen LogP contribution in [0.25, 0.3) is 10.1 Å². The fraction of sp³-hybridized carbons (Fsp3) is 0.0769. The molecule has 0 saturated carbocycles. The summed E-state index contributed by atoms with van der Waals surface area (Å²) in [5.41, 5.74) is 0.537. The van der Waals surface area contributed by atoms with Crippen LogP contribution in [-0.2, 0) is 16.6 Å². The molecule has 2 aromatic heterocycles. The third-order valence-corrected chi connectivity index (χ3v) is 6.60. The number of hydrogen-bond acceptors (Lipinski definition) is 5. The molecule has 0 amide bonds. The zero-order chi connectivity index (χ0) is 14.2. The first-order chi connectivity index (χ1) is 9.58. The van der Waals surface area contributed by atoms with Gasteiger partial charge in [-0.15, -0.1) is 22.7 Å². The fourth-order valence-corrected chi connectivity index (χ4v) is 4.86. The van der Waals surface area contributed by atoms with E-state index in [1.54, 1.807) is 23.5 Å². The molecule has 0 spiro atoms. The van der Waals surface area contributed by atoms with Crippen LogP contribution in [-0.4, -0.2) is 13.5 Å². The van der Waals surface area contributed by atoms with Crippen LogP contribution < -0.4 is 4.72 Å². The first-order valence-corrected chi connectivity index (χ1v) is 8.96. The highest BCUT2D eigenvalue weighted by atomic mass is 32.2. The van der Waals surface area contributed by atoms with Crippen LogP contribution in [0.15, 0.2) is 46.0 Å². The monoisotopic (exact) mass is 325 g/mol. The van der Waals surface area contributed by atoms with Crippen LogP contribution in [0.2, 0.25) is 0 Å². The van der Waals surface area contributed by atoms with Crippen LogP contribution in [0, 0.1) is 0 Å². The predicted octanol–water partition coefficient (Wildman–Crippen LogP) is 3.26. The van der Waals surface area contributed by atoms with Crippen LogP contribution in [0.4, 0.5) is 5.69 Å². The molecule has 0 unspecified atom stereocenters. The molecule has 3 aromatic rings. The number of sulfonamides is 1. The number of benzene rings is 1. The molecule has 0 aliphatic carbocycles. The van der Waals surface area contributed by atoms with Crippen molar-refractivity contribution in [2.75, 3.05) is 4.72 Å². The van der Waals surface area contributed by atoms with E-state index in [9.17, 15) is 8.42 Å². The summed E-state index contributed by atoms with van der Waals surface area (Å²) in [6, 6.07) is 10.5. The van der Waals surface area contributed by atoms with Gasteiger partial charge in [0.05, 0.1) is 6.61 Å². The number of nitrogens with one attached hydrogen (secondary N) is 1. The maximum atomic E-state index is 12.2. The second-order valence-electron chi connectivity index (χ2n) is 4.16. The minimum absolute atomic E-state index is 0.152. The minimum Gasteiger partial charge on any atom is -0.391 e. The SMILES string of the molecule is O=S(=O)(Nc1ccc2sccc2c1)c1ccc(CO)s1. The van der Waals surface area contributed by atoms with Gasteiger partial charge in [0.1, 0.15) is 4.21 Å². The lowest BCUT2D eigenvalue weighted by Crippen LogP contribution is -2.11. The average molecular weight is 325 g/mol. The molecular formula is C13H11NO3S3. The van der Waals surface area contributed by atoms with E-state index in [1.165, 1.54) is 6.07 Å². The quantitative estimate of drug-likeness (QED) is 0.774. The van der Waals surface area contributed by atoms with Gasteiger partial charge in [-0.1, -0.05) is 0 Å². The van der Waals surface area contributed by atoms with Gasteiger partial charge in [-0.3, -0.25) is 4.72 Å². The van der Waals surface area contributed by atoms with Crippen LogP contribution in [0.1, 0.15) is 4.88 Å². The van der Waals surface area contributed by atoms with Crippen LogP contribution in [0.5, 0.6) is 0 Å². The fourth-order valence-electron chi connectivity index (χ4n) is 1.82. The molecule has 0 aliphatic rings. The molecule has 3 rings (SSSR count). The van der Waals surface area contributed by atoms with Crippen LogP contribution >= 0.6 is 22.7 Å². The van der Waals surface area contributed by atoms with Crippen molar-refractivity contribution in [3.8, 4) is 0 Å². The van der Waals surface area contributed by atoms with Crippen LogP contribution in [0.3, 0.4) is 0 Å². The minimum atomic E-state index is -3.59. The summed E-state index contributed by atoms with van der Waals surface area (Å²) in [6.07, 6.45) is 0. The van der Waals surface area contributed by atoms with E-state index in [1.807, 2.05) is 23.6 Å². The average Bonchev–Trinajstić information content (AvgIpc) is 3.06. The van der Waals surface area contributed by atoms with E-state index in [-0.39, 0.29) is 10.8 Å². The second kappa shape index (κ2) is 5.17. The van der Waals surface area contributed by atoms with Gasteiger partial charge in [0.25, 0.3) is 10.0 Å². The molecule has 0 bridgehead atoms. The molecule has 0 saturated heterocycles. The van der Waals surface area contributed by atoms with E-state index in [0.29, 0.717) is 10.6 Å². The number of fused-ring (bicyclic) bond motifs is 1. The first kappa shape index (κ1) is 13.6. The van der Waals surface area contributed by atoms with Crippen molar-refractivity contribution in [3.05, 3.63) is 46.7 Å². The van der Waals surface area contributed by atoms with E-state index in [4.69, 9.17) is 5.11 Å². The molecule has 0 atom stereocenters. The zero-order valence-corrected chi connectivity index (χ0v) is 12.7. The van der Waals surface area contributed by atoms with E-state index < -0.39 is 10.0 Å². The van der Waals surface area contributed by atoms with Gasteiger partial charge in [-0.25, -0.2) is 8.42 Å². The zero-order valence-electron chi connectivity index (χ0n) is 10.2. The lowest BCUT2D eigenvalue weighted by atomic mass is 10.2. The van der Waals surface area contributed by atoms with Gasteiger partial charge in [-0.05, 0) is 47.2 Å². The summed E-state index contributed by atoms with van der Waals surface area (Å²) in [5, 5.41) is 12.0. The molecule has 0 radical (unpaired) electrons. The Balaban J connectivity index is 1.92. The topological polar surface area (TPSA) is 66.4 Å². The smallest absolute Gasteiger partial charge is 0.271 e. The molecule has 7 heteroatoms. The Morgan fingerprint density at radius 1 is 1.15 bits per heavy atom. The Hall–Kier alpha value is -1.41. The Bertz CT molecular complexity index is 849. The molecule has 4 nitrogen and oxygen atoms in total. The Labute approximate surface area is 124 Å². The van der Waals surface area contributed by atoms with Crippen molar-refractivity contribution in [2.24, 2.45) is 0 Å². The molecular weight excluding hydrogens is 314 g/mol. The maximum Gasteiger partial charge on any atom is 0.271 e. The van der Waals surface area contributed by atoms with Gasteiger partial charge >= 0.3 is 0 Å². The molecule has 20 heavy (non-hydrogen) atoms. The molecule has 0 fully saturated rings. The molecule has 2 N–H and O–H groups in total. The lowest BCUT2D eigenvalue weighted by Gasteiger charge is -2.06. The van der Waals surface area contributed by atoms with E-state index in [2.05, 4.69) is 4.72 Å². The third-order valence-electron chi connectivity index (χ3n) is 2.76. The third kappa shape index (κ3) is 2.57. The highest BCUT2D eigenvalue weighted by Crippen LogP contribution is 2.27. The van der Waals surface area contributed by atoms with E-state index in [0.717, 1.165) is 21.4 Å². The standard InChI is InChI=1S/C13H11NO3S3/c15-8-11-2-4-13(19-11)20(16,17)14-10-1-3-12-9(7-10)5-6-18-12/h1-7,14-15H,8H2. The number of aliphatic hydroxyl groups is 1. The van der Waals surface area contributed by atoms with Crippen molar-refractivity contribution in [3.63, 3.8) is 0 Å². The largest absolute Gasteiger partial charge is 0.391 e. The normalized spacial score (nSPS) is 11.8. The van der Waals surface area contributed by atoms with Crippen molar-refractivity contribution in [1.82, 2.24) is 0 Å². The Morgan fingerprint density at radius 3 is 2.75 bits per heavy atom. The summed E-state index contributed by atoms with van der Waals surface area (Å²) in [7, 11) is -3.59. The number of anilines is 1. The predicted molar refractivity (Wildman–Crippen MR) is 82.9 cm³/mol. The van der Waals surface area contributed by atoms with Gasteiger partial charge in [0, 0.05) is 15.3 Å². The number of rotatable bonds is 4. The summed E-state index contributed by atoms with van der Waals surface area (Å²) in [4.78, 5) is 0.624. The van der Waals surface area contributed by atoms with Gasteiger partial charge in [-0.2, -0.15) is 0 Å². The van der Waals surface area contributed by atoms with E-state index >= 15 is 0 Å². The highest BCUT2D eigenvalue weighted by Gasteiger charge is 2.17. The molecule has 104 valence electrons. The van der Waals surface area contributed by atoms with Gasteiger partial charge < -0.3 is 5.11 Å². The summed E-state index contributed by atoms with van der Waals surface area (Å²) in [5.74, 6) is 0. The number of aliphatic hydroxyl groups excluding tert-OH is 1. The lowest BCUT2D eigenvalue weighted by molar-refractivity contribution is 0.285. The molecule has 2 heterocycles. The number of thiophene rings is 2. The second-order valence-corrected chi connectivity index (χ2v) is 8.18. The molecule has 0 aliphatic heterocycles. The van der Waals surface area contributed by atoms with Crippen molar-refractivity contribution in [1.29, 1.82) is 0 Å². The maximum absolute atomic E-state index is 12.2. The van der Waals surface area contributed by atoms with Gasteiger partial charge in [0.2, 0.25) is 0 Å². The van der Waals surface area contributed by atoms with Crippen molar-refractivity contribution >= 4 is 48.5 Å². The van der Waals surface area contributed by atoms with Crippen molar-refractivity contribution in [2.45, 2.75) is 10.8 Å². The summed E-state index contributed by atoms with van der Waals surface area (Å²) < 4.78 is 28.3. The van der Waals surface area contributed by atoms with Crippen molar-refractivity contribution < 1.29 is 13.5 Å². The summed E-state index contributed by atoms with van der Waals surface area (Å²) >= 11 is 2.68. The highest BCUT2D eigenvalue weighted by molar-refractivity contribution is 7.94. The first-order valence-electron chi connectivity index (χ1n) is 5.78.